The van der Waals surface area contributed by atoms with Crippen molar-refractivity contribution in [3.05, 3.63) is 78.1 Å². The lowest BCUT2D eigenvalue weighted by Gasteiger charge is -2.11. The van der Waals surface area contributed by atoms with Crippen molar-refractivity contribution in [2.45, 2.75) is 25.1 Å². The van der Waals surface area contributed by atoms with Crippen molar-refractivity contribution in [1.82, 2.24) is 20.3 Å². The Balaban J connectivity index is 0.000000431. The molecule has 2 aromatic carbocycles. The second-order valence-electron chi connectivity index (χ2n) is 8.86. The Morgan fingerprint density at radius 1 is 1.10 bits per heavy atom. The lowest BCUT2D eigenvalue weighted by Crippen LogP contribution is -2.21. The summed E-state index contributed by atoms with van der Waals surface area (Å²) in [6, 6.07) is 20.1. The number of aliphatic carboxylic acids is 1. The van der Waals surface area contributed by atoms with Crippen molar-refractivity contribution in [2.75, 3.05) is 11.9 Å². The lowest BCUT2D eigenvalue weighted by atomic mass is 10.1. The quantitative estimate of drug-likeness (QED) is 0.208. The van der Waals surface area contributed by atoms with E-state index in [1.165, 1.54) is 6.42 Å². The fraction of sp³-hybridized carbons (Fsp3) is 0.172. The van der Waals surface area contributed by atoms with Gasteiger partial charge in [0.25, 0.3) is 0 Å². The van der Waals surface area contributed by atoms with E-state index in [-0.39, 0.29) is 6.04 Å². The number of hydrogen-bond donors (Lipinski definition) is 3. The summed E-state index contributed by atoms with van der Waals surface area (Å²) in [6.07, 6.45) is 0.528. The first-order valence-electron chi connectivity index (χ1n) is 12.4. The van der Waals surface area contributed by atoms with Gasteiger partial charge in [0.2, 0.25) is 5.88 Å². The van der Waals surface area contributed by atoms with Crippen molar-refractivity contribution < 1.29 is 27.8 Å². The van der Waals surface area contributed by atoms with E-state index in [1.54, 1.807) is 23.9 Å². The van der Waals surface area contributed by atoms with Crippen LogP contribution in [0.3, 0.4) is 0 Å². The Kier molecular flexibility index (Phi) is 8.28. The van der Waals surface area contributed by atoms with Crippen LogP contribution in [0.25, 0.3) is 21.0 Å². The van der Waals surface area contributed by atoms with Gasteiger partial charge in [-0.3, -0.25) is 0 Å². The predicted molar refractivity (Wildman–Crippen MR) is 151 cm³/mol. The molecule has 208 valence electrons. The molecule has 1 saturated heterocycles. The summed E-state index contributed by atoms with van der Waals surface area (Å²) in [5, 5.41) is 16.1. The molecule has 0 aliphatic carbocycles. The molecule has 0 amide bonds. The van der Waals surface area contributed by atoms with Gasteiger partial charge < -0.3 is 20.5 Å². The van der Waals surface area contributed by atoms with Gasteiger partial charge in [0.1, 0.15) is 12.1 Å². The molecule has 1 fully saturated rings. The van der Waals surface area contributed by atoms with Gasteiger partial charge in [0.05, 0.1) is 21.1 Å². The third-order valence-electron chi connectivity index (χ3n) is 5.94. The highest BCUT2D eigenvalue weighted by atomic mass is 32.1. The minimum atomic E-state index is -5.08. The first-order chi connectivity index (χ1) is 19.8. The average Bonchev–Trinajstić information content (AvgIpc) is 3.63. The summed E-state index contributed by atoms with van der Waals surface area (Å²) in [7, 11) is 0. The smallest absolute Gasteiger partial charge is 0.475 e. The molecule has 0 saturated carbocycles. The highest BCUT2D eigenvalue weighted by Gasteiger charge is 2.38. The number of benzene rings is 2. The number of halogens is 3. The zero-order valence-corrected chi connectivity index (χ0v) is 22.1. The second-order valence-corrected chi connectivity index (χ2v) is 9.91. The van der Waals surface area contributed by atoms with Crippen LogP contribution in [-0.2, 0) is 4.79 Å². The fourth-order valence-electron chi connectivity index (χ4n) is 4.05. The average molecular weight is 578 g/mol. The van der Waals surface area contributed by atoms with Crippen molar-refractivity contribution in [3.8, 4) is 23.5 Å². The number of aromatic nitrogens is 3. The number of fused-ring (bicyclic) bond motifs is 2. The van der Waals surface area contributed by atoms with E-state index >= 15 is 0 Å². The van der Waals surface area contributed by atoms with Crippen LogP contribution in [0.15, 0.2) is 73.2 Å². The van der Waals surface area contributed by atoms with E-state index in [0.717, 1.165) is 56.1 Å². The number of rotatable bonds is 4. The molecular weight excluding hydrogens is 555 g/mol. The van der Waals surface area contributed by atoms with Gasteiger partial charge in [0.15, 0.2) is 5.82 Å². The SMILES string of the molecule is C(#CC1CCCN1)c1cc2ncnc(Nc3ccc4c(Oc5ccccn5)cccc4c3)c2s1.O=C(O)C(F)(F)F. The summed E-state index contributed by atoms with van der Waals surface area (Å²) < 4.78 is 38.7. The van der Waals surface area contributed by atoms with Crippen molar-refractivity contribution in [3.63, 3.8) is 0 Å². The van der Waals surface area contributed by atoms with Gasteiger partial charge in [-0.1, -0.05) is 30.0 Å². The van der Waals surface area contributed by atoms with Crippen LogP contribution in [0.4, 0.5) is 24.7 Å². The molecule has 1 aliphatic heterocycles. The third kappa shape index (κ3) is 7.08. The zero-order chi connectivity index (χ0) is 28.8. The summed E-state index contributed by atoms with van der Waals surface area (Å²) in [5.41, 5.74) is 1.84. The Morgan fingerprint density at radius 2 is 1.95 bits per heavy atom. The normalized spacial score (nSPS) is 14.6. The molecule has 5 aromatic rings. The molecule has 0 bridgehead atoms. The van der Waals surface area contributed by atoms with Crippen LogP contribution < -0.4 is 15.4 Å². The number of pyridine rings is 1. The number of anilines is 2. The molecule has 6 rings (SSSR count). The minimum absolute atomic E-state index is 0.290. The number of carboxylic acids is 1. The van der Waals surface area contributed by atoms with Gasteiger partial charge in [-0.25, -0.2) is 19.7 Å². The molecule has 1 unspecified atom stereocenters. The zero-order valence-electron chi connectivity index (χ0n) is 21.3. The maximum absolute atomic E-state index is 10.6. The third-order valence-corrected chi connectivity index (χ3v) is 6.99. The Labute approximate surface area is 236 Å². The standard InChI is InChI=1S/C27H21N5OS.C2HF3O2/c1-2-13-29-25(8-1)33-24-7-3-5-18-15-20(10-12-22(18)24)32-27-26-23(30-17-31-27)16-21(34-26)11-9-19-6-4-14-28-19;3-2(4,5)1(6)7/h1-3,5,7-8,10,12-13,15-17,19,28H,4,6,14H2,(H,30,31,32);(H,6,7). The minimum Gasteiger partial charge on any atom is -0.475 e. The van der Waals surface area contributed by atoms with Gasteiger partial charge in [-0.2, -0.15) is 13.2 Å². The number of carboxylic acid groups (broad SMARTS) is 1. The fourth-order valence-corrected chi connectivity index (χ4v) is 4.97. The first-order valence-corrected chi connectivity index (χ1v) is 13.3. The van der Waals surface area contributed by atoms with Crippen LogP contribution in [0.1, 0.15) is 17.7 Å². The Hall–Kier alpha value is -4.73. The molecule has 3 aromatic heterocycles. The van der Waals surface area contributed by atoms with E-state index < -0.39 is 12.1 Å². The van der Waals surface area contributed by atoms with Crippen molar-refractivity contribution in [2.24, 2.45) is 0 Å². The number of alkyl halides is 3. The molecule has 8 nitrogen and oxygen atoms in total. The first kappa shape index (κ1) is 27.8. The number of hydrogen-bond acceptors (Lipinski definition) is 8. The maximum atomic E-state index is 10.6. The number of thiophene rings is 1. The van der Waals surface area contributed by atoms with Crippen LogP contribution in [0.2, 0.25) is 0 Å². The summed E-state index contributed by atoms with van der Waals surface area (Å²) in [4.78, 5) is 23.1. The highest BCUT2D eigenvalue weighted by molar-refractivity contribution is 7.20. The summed E-state index contributed by atoms with van der Waals surface area (Å²) >= 11 is 1.62. The van der Waals surface area contributed by atoms with Crippen LogP contribution >= 0.6 is 11.3 Å². The highest BCUT2D eigenvalue weighted by Crippen LogP contribution is 2.34. The molecule has 3 N–H and O–H groups in total. The number of nitrogens with zero attached hydrogens (tertiary/aromatic N) is 3. The molecular formula is C29H22F3N5O3S. The van der Waals surface area contributed by atoms with E-state index in [1.807, 2.05) is 48.5 Å². The molecule has 0 radical (unpaired) electrons. The number of nitrogens with one attached hydrogen (secondary N) is 2. The van der Waals surface area contributed by atoms with E-state index in [2.05, 4.69) is 49.6 Å². The Morgan fingerprint density at radius 3 is 2.68 bits per heavy atom. The van der Waals surface area contributed by atoms with Crippen LogP contribution in [0, 0.1) is 11.8 Å². The Bertz CT molecular complexity index is 1740. The second kappa shape index (κ2) is 12.2. The molecule has 0 spiro atoms. The number of ether oxygens (including phenoxy) is 1. The largest absolute Gasteiger partial charge is 0.490 e. The van der Waals surface area contributed by atoms with E-state index in [9.17, 15) is 13.2 Å². The summed E-state index contributed by atoms with van der Waals surface area (Å²) in [5.74, 6) is 6.01. The van der Waals surface area contributed by atoms with Gasteiger partial charge in [-0.05, 0) is 61.2 Å². The van der Waals surface area contributed by atoms with E-state index in [0.29, 0.717) is 5.88 Å². The summed E-state index contributed by atoms with van der Waals surface area (Å²) in [6.45, 7) is 1.05. The van der Waals surface area contributed by atoms with Gasteiger partial charge in [-0.15, -0.1) is 11.3 Å². The molecule has 12 heteroatoms. The number of carbonyl (C=O) groups is 1. The monoisotopic (exact) mass is 577 g/mol. The molecule has 1 aliphatic rings. The van der Waals surface area contributed by atoms with Gasteiger partial charge in [0, 0.05) is 23.3 Å². The topological polar surface area (TPSA) is 109 Å². The van der Waals surface area contributed by atoms with Crippen molar-refractivity contribution >= 4 is 49.8 Å². The van der Waals surface area contributed by atoms with Crippen LogP contribution in [-0.4, -0.2) is 44.8 Å². The van der Waals surface area contributed by atoms with Crippen LogP contribution in [0.5, 0.6) is 11.6 Å². The molecule has 4 heterocycles. The lowest BCUT2D eigenvalue weighted by molar-refractivity contribution is -0.192. The van der Waals surface area contributed by atoms with Gasteiger partial charge >= 0.3 is 12.1 Å². The maximum Gasteiger partial charge on any atom is 0.490 e. The molecule has 41 heavy (non-hydrogen) atoms. The van der Waals surface area contributed by atoms with Crippen molar-refractivity contribution in [1.29, 1.82) is 0 Å². The molecule has 1 atom stereocenters. The van der Waals surface area contributed by atoms with E-state index in [4.69, 9.17) is 14.6 Å². The predicted octanol–water partition coefficient (Wildman–Crippen LogP) is 6.51.